The standard InChI is InChI=1S/C22H22FN3O2/c1-3-25(15-17-7-5-4-6-8-17)22(28)16(2)26-21(27)14-13-20(24-26)18-9-11-19(23)12-10-18/h4-14,16H,3,15H2,1-2H3. The first kappa shape index (κ1) is 19.5. The SMILES string of the molecule is CCN(Cc1ccccc1)C(=O)C(C)n1nc(-c2ccc(F)cc2)ccc1=O. The third kappa shape index (κ3) is 4.34. The fourth-order valence-electron chi connectivity index (χ4n) is 3.00. The Bertz CT molecular complexity index is 1000. The molecule has 5 nitrogen and oxygen atoms in total. The van der Waals surface area contributed by atoms with Crippen LogP contribution in [0.4, 0.5) is 4.39 Å². The van der Waals surface area contributed by atoms with Gasteiger partial charge in [0.1, 0.15) is 11.9 Å². The van der Waals surface area contributed by atoms with Crippen molar-refractivity contribution in [2.24, 2.45) is 0 Å². The number of likely N-dealkylation sites (N-methyl/N-ethyl adjacent to an activating group) is 1. The molecule has 0 aliphatic rings. The Morgan fingerprint density at radius 3 is 2.39 bits per heavy atom. The zero-order valence-electron chi connectivity index (χ0n) is 15.9. The molecule has 0 aliphatic heterocycles. The second kappa shape index (κ2) is 8.61. The molecule has 0 radical (unpaired) electrons. The summed E-state index contributed by atoms with van der Waals surface area (Å²) in [5.41, 5.74) is 1.84. The summed E-state index contributed by atoms with van der Waals surface area (Å²) in [5, 5.41) is 4.35. The molecule has 144 valence electrons. The van der Waals surface area contributed by atoms with Crippen LogP contribution in [0.25, 0.3) is 11.3 Å². The molecule has 1 heterocycles. The van der Waals surface area contributed by atoms with Crippen LogP contribution < -0.4 is 5.56 Å². The molecule has 0 saturated carbocycles. The van der Waals surface area contributed by atoms with Gasteiger partial charge in [-0.05, 0) is 49.7 Å². The summed E-state index contributed by atoms with van der Waals surface area (Å²) in [6.07, 6.45) is 0. The molecule has 1 unspecified atom stereocenters. The summed E-state index contributed by atoms with van der Waals surface area (Å²) < 4.78 is 14.4. The minimum Gasteiger partial charge on any atom is -0.337 e. The van der Waals surface area contributed by atoms with Crippen molar-refractivity contribution in [2.45, 2.75) is 26.4 Å². The topological polar surface area (TPSA) is 55.2 Å². The number of hydrogen-bond acceptors (Lipinski definition) is 3. The zero-order chi connectivity index (χ0) is 20.1. The number of rotatable bonds is 6. The second-order valence-corrected chi connectivity index (χ2v) is 6.52. The number of halogens is 1. The maximum atomic E-state index is 13.2. The van der Waals surface area contributed by atoms with Crippen LogP contribution in [0, 0.1) is 5.82 Å². The molecule has 2 aromatic carbocycles. The monoisotopic (exact) mass is 379 g/mol. The quantitative estimate of drug-likeness (QED) is 0.657. The molecular formula is C22H22FN3O2. The number of nitrogens with zero attached hydrogens (tertiary/aromatic N) is 3. The molecule has 28 heavy (non-hydrogen) atoms. The Morgan fingerprint density at radius 2 is 1.75 bits per heavy atom. The fraction of sp³-hybridized carbons (Fsp3) is 0.227. The minimum absolute atomic E-state index is 0.183. The summed E-state index contributed by atoms with van der Waals surface area (Å²) in [5.74, 6) is -0.530. The smallest absolute Gasteiger partial charge is 0.267 e. The highest BCUT2D eigenvalue weighted by Gasteiger charge is 2.23. The van der Waals surface area contributed by atoms with E-state index >= 15 is 0 Å². The number of hydrogen-bond donors (Lipinski definition) is 0. The van der Waals surface area contributed by atoms with Crippen molar-refractivity contribution in [2.75, 3.05) is 6.54 Å². The molecule has 0 saturated heterocycles. The van der Waals surface area contributed by atoms with Gasteiger partial charge < -0.3 is 4.90 Å². The van der Waals surface area contributed by atoms with E-state index in [1.54, 1.807) is 30.0 Å². The van der Waals surface area contributed by atoms with E-state index in [0.29, 0.717) is 24.3 Å². The number of carbonyl (C=O) groups excluding carboxylic acids is 1. The van der Waals surface area contributed by atoms with Gasteiger partial charge in [0.05, 0.1) is 5.69 Å². The maximum absolute atomic E-state index is 13.2. The van der Waals surface area contributed by atoms with Gasteiger partial charge in [-0.1, -0.05) is 30.3 Å². The van der Waals surface area contributed by atoms with Gasteiger partial charge >= 0.3 is 0 Å². The first-order valence-corrected chi connectivity index (χ1v) is 9.18. The van der Waals surface area contributed by atoms with Crippen LogP contribution in [-0.4, -0.2) is 27.1 Å². The summed E-state index contributed by atoms with van der Waals surface area (Å²) in [6, 6.07) is 17.7. The van der Waals surface area contributed by atoms with Crippen LogP contribution in [-0.2, 0) is 11.3 Å². The zero-order valence-corrected chi connectivity index (χ0v) is 15.9. The molecule has 0 spiro atoms. The van der Waals surface area contributed by atoms with Gasteiger partial charge in [0.25, 0.3) is 5.56 Å². The largest absolute Gasteiger partial charge is 0.337 e. The summed E-state index contributed by atoms with van der Waals surface area (Å²) >= 11 is 0. The third-order valence-electron chi connectivity index (χ3n) is 4.60. The maximum Gasteiger partial charge on any atom is 0.267 e. The first-order chi connectivity index (χ1) is 13.5. The van der Waals surface area contributed by atoms with E-state index in [1.807, 2.05) is 37.3 Å². The Kier molecular flexibility index (Phi) is 5.99. The normalized spacial score (nSPS) is 11.8. The van der Waals surface area contributed by atoms with Crippen molar-refractivity contribution in [3.63, 3.8) is 0 Å². The van der Waals surface area contributed by atoms with Crippen LogP contribution >= 0.6 is 0 Å². The molecule has 0 aliphatic carbocycles. The van der Waals surface area contributed by atoms with E-state index in [1.165, 1.54) is 22.9 Å². The highest BCUT2D eigenvalue weighted by Crippen LogP contribution is 2.17. The molecule has 0 N–H and O–H groups in total. The molecule has 0 fully saturated rings. The van der Waals surface area contributed by atoms with Gasteiger partial charge in [0.2, 0.25) is 5.91 Å². The van der Waals surface area contributed by atoms with E-state index in [0.717, 1.165) is 5.56 Å². The number of aromatic nitrogens is 2. The lowest BCUT2D eigenvalue weighted by molar-refractivity contribution is -0.135. The molecule has 1 atom stereocenters. The molecule has 3 rings (SSSR count). The van der Waals surface area contributed by atoms with Crippen LogP contribution in [0.1, 0.15) is 25.5 Å². The summed E-state index contributed by atoms with van der Waals surface area (Å²) in [7, 11) is 0. The third-order valence-corrected chi connectivity index (χ3v) is 4.60. The predicted molar refractivity (Wildman–Crippen MR) is 106 cm³/mol. The lowest BCUT2D eigenvalue weighted by atomic mass is 10.1. The average molecular weight is 379 g/mol. The van der Waals surface area contributed by atoms with Gasteiger partial charge in [-0.15, -0.1) is 0 Å². The highest BCUT2D eigenvalue weighted by atomic mass is 19.1. The Balaban J connectivity index is 1.86. The first-order valence-electron chi connectivity index (χ1n) is 9.18. The van der Waals surface area contributed by atoms with Gasteiger partial charge in [-0.2, -0.15) is 5.10 Å². The van der Waals surface area contributed by atoms with Crippen LogP contribution in [0.2, 0.25) is 0 Å². The van der Waals surface area contributed by atoms with Crippen molar-refractivity contribution in [1.29, 1.82) is 0 Å². The van der Waals surface area contributed by atoms with Crippen LogP contribution in [0.3, 0.4) is 0 Å². The van der Waals surface area contributed by atoms with E-state index in [-0.39, 0.29) is 17.3 Å². The Morgan fingerprint density at radius 1 is 1.07 bits per heavy atom. The lowest BCUT2D eigenvalue weighted by Crippen LogP contribution is -2.39. The summed E-state index contributed by atoms with van der Waals surface area (Å²) in [4.78, 5) is 27.0. The molecule has 1 aromatic heterocycles. The lowest BCUT2D eigenvalue weighted by Gasteiger charge is -2.25. The minimum atomic E-state index is -0.753. The molecule has 3 aromatic rings. The number of carbonyl (C=O) groups is 1. The fourth-order valence-corrected chi connectivity index (χ4v) is 3.00. The molecule has 6 heteroatoms. The second-order valence-electron chi connectivity index (χ2n) is 6.52. The Labute approximate surface area is 163 Å². The van der Waals surface area contributed by atoms with E-state index in [2.05, 4.69) is 5.10 Å². The summed E-state index contributed by atoms with van der Waals surface area (Å²) in [6.45, 7) is 4.55. The molecule has 1 amide bonds. The van der Waals surface area contributed by atoms with Crippen molar-refractivity contribution in [1.82, 2.24) is 14.7 Å². The van der Waals surface area contributed by atoms with Crippen molar-refractivity contribution in [3.05, 3.63) is 88.5 Å². The van der Waals surface area contributed by atoms with E-state index in [9.17, 15) is 14.0 Å². The predicted octanol–water partition coefficient (Wildman–Crippen LogP) is 3.66. The van der Waals surface area contributed by atoms with Gasteiger partial charge in [-0.25, -0.2) is 9.07 Å². The van der Waals surface area contributed by atoms with Crippen molar-refractivity contribution < 1.29 is 9.18 Å². The molecular weight excluding hydrogens is 357 g/mol. The van der Waals surface area contributed by atoms with Crippen molar-refractivity contribution >= 4 is 5.91 Å². The highest BCUT2D eigenvalue weighted by molar-refractivity contribution is 5.80. The van der Waals surface area contributed by atoms with Gasteiger partial charge in [0, 0.05) is 24.7 Å². The molecule has 0 bridgehead atoms. The Hall–Kier alpha value is -3.28. The van der Waals surface area contributed by atoms with Gasteiger partial charge in [0.15, 0.2) is 0 Å². The van der Waals surface area contributed by atoms with Crippen molar-refractivity contribution in [3.8, 4) is 11.3 Å². The number of amides is 1. The van der Waals surface area contributed by atoms with Crippen LogP contribution in [0.5, 0.6) is 0 Å². The number of benzene rings is 2. The van der Waals surface area contributed by atoms with Crippen LogP contribution in [0.15, 0.2) is 71.5 Å². The van der Waals surface area contributed by atoms with Gasteiger partial charge in [-0.3, -0.25) is 9.59 Å². The van der Waals surface area contributed by atoms with E-state index < -0.39 is 6.04 Å². The van der Waals surface area contributed by atoms with E-state index in [4.69, 9.17) is 0 Å². The average Bonchev–Trinajstić information content (AvgIpc) is 2.73.